The molecular formula is C19H17F3N6OS2. The Kier molecular flexibility index (Phi) is 5.30. The predicted molar refractivity (Wildman–Crippen MR) is 112 cm³/mol. The number of carbonyl (C=O) groups excluding carboxylic acids is 1. The smallest absolute Gasteiger partial charge is 0.302 e. The molecule has 4 heterocycles. The third-order valence-electron chi connectivity index (χ3n) is 4.71. The average Bonchev–Trinajstić information content (AvgIpc) is 3.36. The Hall–Kier alpha value is -2.86. The molecule has 1 N–H and O–H groups in total. The number of fused-ring (bicyclic) bond motifs is 1. The molecule has 4 rings (SSSR count). The molecule has 12 heteroatoms. The highest BCUT2D eigenvalue weighted by Crippen LogP contribution is 2.32. The zero-order valence-electron chi connectivity index (χ0n) is 17.0. The third-order valence-corrected chi connectivity index (χ3v) is 6.43. The van der Waals surface area contributed by atoms with Gasteiger partial charge < -0.3 is 5.32 Å². The van der Waals surface area contributed by atoms with Crippen molar-refractivity contribution in [3.8, 4) is 11.3 Å². The number of carbonyl (C=O) groups is 1. The van der Waals surface area contributed by atoms with Crippen LogP contribution in [0, 0.1) is 27.7 Å². The topological polar surface area (TPSA) is 85.1 Å². The number of halogens is 3. The molecule has 31 heavy (non-hydrogen) atoms. The molecule has 4 aromatic heterocycles. The van der Waals surface area contributed by atoms with E-state index in [-0.39, 0.29) is 18.1 Å². The molecule has 0 saturated carbocycles. The van der Waals surface area contributed by atoms with E-state index in [0.717, 1.165) is 20.6 Å². The Bertz CT molecular complexity index is 1300. The van der Waals surface area contributed by atoms with Crippen LogP contribution in [0.4, 0.5) is 18.3 Å². The number of hydrogen-bond donors (Lipinski definition) is 1. The molecule has 0 fully saturated rings. The lowest BCUT2D eigenvalue weighted by atomic mass is 10.1. The molecule has 0 aromatic carbocycles. The predicted octanol–water partition coefficient (Wildman–Crippen LogP) is 4.74. The van der Waals surface area contributed by atoms with Crippen LogP contribution in [0.5, 0.6) is 0 Å². The van der Waals surface area contributed by atoms with Crippen molar-refractivity contribution in [1.82, 2.24) is 24.6 Å². The van der Waals surface area contributed by atoms with Gasteiger partial charge in [0.15, 0.2) is 5.13 Å². The number of nitrogens with zero attached hydrogens (tertiary/aromatic N) is 5. The van der Waals surface area contributed by atoms with Crippen LogP contribution >= 0.6 is 22.7 Å². The number of thiophene rings is 1. The quantitative estimate of drug-likeness (QED) is 0.470. The lowest BCUT2D eigenvalue weighted by molar-refractivity contribution is -0.144. The van der Waals surface area contributed by atoms with Crippen LogP contribution in [0.1, 0.15) is 32.5 Å². The maximum atomic E-state index is 12.9. The molecule has 0 aliphatic rings. The molecule has 0 aliphatic heterocycles. The van der Waals surface area contributed by atoms with E-state index in [1.807, 2.05) is 19.2 Å². The number of amides is 1. The fraction of sp³-hybridized carbons (Fsp3) is 0.316. The summed E-state index contributed by atoms with van der Waals surface area (Å²) < 4.78 is 39.8. The minimum Gasteiger partial charge on any atom is -0.302 e. The lowest BCUT2D eigenvalue weighted by Crippen LogP contribution is -2.17. The van der Waals surface area contributed by atoms with E-state index in [2.05, 4.69) is 31.4 Å². The van der Waals surface area contributed by atoms with Crippen LogP contribution in [0.2, 0.25) is 0 Å². The summed E-state index contributed by atoms with van der Waals surface area (Å²) in [6.45, 7) is 7.26. The summed E-state index contributed by atoms with van der Waals surface area (Å²) in [6, 6.07) is 2.06. The van der Waals surface area contributed by atoms with Gasteiger partial charge >= 0.3 is 6.18 Å². The second kappa shape index (κ2) is 7.68. The highest BCUT2D eigenvalue weighted by atomic mass is 32.1. The van der Waals surface area contributed by atoms with Gasteiger partial charge in [0, 0.05) is 37.6 Å². The van der Waals surface area contributed by atoms with Crippen molar-refractivity contribution in [3.05, 3.63) is 44.0 Å². The third kappa shape index (κ3) is 4.17. The van der Waals surface area contributed by atoms with Crippen LogP contribution < -0.4 is 5.32 Å². The minimum absolute atomic E-state index is 0.0761. The summed E-state index contributed by atoms with van der Waals surface area (Å²) in [5.74, 6) is -1.77. The van der Waals surface area contributed by atoms with E-state index in [1.165, 1.54) is 16.2 Å². The first kappa shape index (κ1) is 21.4. The molecule has 0 bridgehead atoms. The molecule has 0 unspecified atom stereocenters. The van der Waals surface area contributed by atoms with Gasteiger partial charge in [-0.05, 0) is 33.8 Å². The molecule has 0 radical (unpaired) electrons. The van der Waals surface area contributed by atoms with Crippen LogP contribution in [0.3, 0.4) is 0 Å². The number of nitrogens with one attached hydrogen (secondary N) is 1. The summed E-state index contributed by atoms with van der Waals surface area (Å²) in [4.78, 5) is 27.0. The monoisotopic (exact) mass is 466 g/mol. The van der Waals surface area contributed by atoms with Gasteiger partial charge in [-0.2, -0.15) is 18.2 Å². The van der Waals surface area contributed by atoms with Gasteiger partial charge in [-0.15, -0.1) is 27.8 Å². The second-order valence-electron chi connectivity index (χ2n) is 7.00. The second-order valence-corrected chi connectivity index (χ2v) is 9.31. The summed E-state index contributed by atoms with van der Waals surface area (Å²) in [5.41, 5.74) is 3.12. The van der Waals surface area contributed by atoms with Crippen molar-refractivity contribution in [1.29, 1.82) is 0 Å². The molecule has 162 valence electrons. The van der Waals surface area contributed by atoms with E-state index >= 15 is 0 Å². The van der Waals surface area contributed by atoms with Gasteiger partial charge in [0.25, 0.3) is 11.6 Å². The first-order valence-electron chi connectivity index (χ1n) is 9.15. The summed E-state index contributed by atoms with van der Waals surface area (Å²) in [6.07, 6.45) is -4.75. The minimum atomic E-state index is -4.67. The van der Waals surface area contributed by atoms with E-state index in [4.69, 9.17) is 0 Å². The normalized spacial score (nSPS) is 12.0. The Morgan fingerprint density at radius 3 is 2.55 bits per heavy atom. The summed E-state index contributed by atoms with van der Waals surface area (Å²) >= 11 is 2.99. The number of thiazole rings is 1. The molecule has 1 amide bonds. The Morgan fingerprint density at radius 2 is 1.90 bits per heavy atom. The van der Waals surface area contributed by atoms with Crippen molar-refractivity contribution in [3.63, 3.8) is 0 Å². The van der Waals surface area contributed by atoms with Gasteiger partial charge in [-0.1, -0.05) is 0 Å². The van der Waals surface area contributed by atoms with E-state index in [1.54, 1.807) is 25.2 Å². The SMILES string of the molecule is Cc1cc(-c2csc(NC(=O)Cc3c(C)nc4nc(C(F)(F)F)nn4c3C)n2)c(C)s1. The molecule has 4 aromatic rings. The van der Waals surface area contributed by atoms with Gasteiger partial charge in [-0.25, -0.2) is 14.5 Å². The summed E-state index contributed by atoms with van der Waals surface area (Å²) in [5, 5.41) is 8.59. The molecular weight excluding hydrogens is 449 g/mol. The molecule has 0 aliphatic carbocycles. The fourth-order valence-electron chi connectivity index (χ4n) is 3.25. The fourth-order valence-corrected chi connectivity index (χ4v) is 4.91. The summed E-state index contributed by atoms with van der Waals surface area (Å²) in [7, 11) is 0. The van der Waals surface area contributed by atoms with Gasteiger partial charge in [0.05, 0.1) is 12.1 Å². The Balaban J connectivity index is 1.55. The van der Waals surface area contributed by atoms with Crippen molar-refractivity contribution in [2.45, 2.75) is 40.3 Å². The van der Waals surface area contributed by atoms with E-state index in [9.17, 15) is 18.0 Å². The number of rotatable bonds is 4. The van der Waals surface area contributed by atoms with Gasteiger partial charge in [-0.3, -0.25) is 4.79 Å². The maximum absolute atomic E-state index is 12.9. The highest BCUT2D eigenvalue weighted by molar-refractivity contribution is 7.14. The molecule has 7 nitrogen and oxygen atoms in total. The van der Waals surface area contributed by atoms with Gasteiger partial charge in [0.2, 0.25) is 5.91 Å². The number of alkyl halides is 3. The number of anilines is 1. The molecule has 0 saturated heterocycles. The Morgan fingerprint density at radius 1 is 1.16 bits per heavy atom. The van der Waals surface area contributed by atoms with E-state index < -0.39 is 12.0 Å². The molecule has 0 spiro atoms. The van der Waals surface area contributed by atoms with Crippen molar-refractivity contribution >= 4 is 39.5 Å². The van der Waals surface area contributed by atoms with Crippen LogP contribution in [0.25, 0.3) is 17.0 Å². The average molecular weight is 467 g/mol. The largest absolute Gasteiger partial charge is 0.453 e. The van der Waals surface area contributed by atoms with Crippen LogP contribution in [0.15, 0.2) is 11.4 Å². The highest BCUT2D eigenvalue weighted by Gasteiger charge is 2.37. The van der Waals surface area contributed by atoms with Crippen molar-refractivity contribution < 1.29 is 18.0 Å². The lowest BCUT2D eigenvalue weighted by Gasteiger charge is -2.09. The Labute approximate surface area is 183 Å². The number of hydrogen-bond acceptors (Lipinski definition) is 7. The zero-order chi connectivity index (χ0) is 22.5. The van der Waals surface area contributed by atoms with Gasteiger partial charge in [0.1, 0.15) is 0 Å². The maximum Gasteiger partial charge on any atom is 0.453 e. The first-order valence-corrected chi connectivity index (χ1v) is 10.9. The number of aromatic nitrogens is 5. The molecule has 0 atom stereocenters. The van der Waals surface area contributed by atoms with Crippen LogP contribution in [-0.2, 0) is 17.4 Å². The van der Waals surface area contributed by atoms with Crippen LogP contribution in [-0.4, -0.2) is 30.5 Å². The van der Waals surface area contributed by atoms with Crippen molar-refractivity contribution in [2.75, 3.05) is 5.32 Å². The van der Waals surface area contributed by atoms with E-state index in [0.29, 0.717) is 22.1 Å². The standard InChI is InChI=1S/C19H17F3N6OS2/c1-8-5-13(11(4)31-8)14-7-30-18(24-14)25-15(29)6-12-9(2)23-17-26-16(19(20,21)22)27-28(17)10(12)3/h5,7H,6H2,1-4H3,(H,24,25,29). The van der Waals surface area contributed by atoms with Crippen molar-refractivity contribution in [2.24, 2.45) is 0 Å². The zero-order valence-corrected chi connectivity index (χ0v) is 18.6. The first-order chi connectivity index (χ1) is 14.5. The number of aryl methyl sites for hydroxylation is 4.